The highest BCUT2D eigenvalue weighted by atomic mass is 32.2. The zero-order chi connectivity index (χ0) is 14.8. The number of nitrogens with two attached hydrogens (primary N) is 1. The zero-order valence-corrected chi connectivity index (χ0v) is 12.2. The van der Waals surface area contributed by atoms with E-state index in [1.807, 2.05) is 0 Å². The van der Waals surface area contributed by atoms with Crippen molar-refractivity contribution >= 4 is 15.7 Å². The molecule has 0 aromatic heterocycles. The zero-order valence-electron chi connectivity index (χ0n) is 11.4. The second-order valence-corrected chi connectivity index (χ2v) is 6.69. The Hall–Kier alpha value is -1.18. The van der Waals surface area contributed by atoms with Crippen molar-refractivity contribution in [3.8, 4) is 0 Å². The fourth-order valence-corrected chi connectivity index (χ4v) is 3.80. The van der Waals surface area contributed by atoms with Gasteiger partial charge in [0.15, 0.2) is 0 Å². The van der Waals surface area contributed by atoms with E-state index >= 15 is 0 Å². The van der Waals surface area contributed by atoms with E-state index in [9.17, 15) is 12.8 Å². The van der Waals surface area contributed by atoms with E-state index in [0.29, 0.717) is 6.61 Å². The lowest BCUT2D eigenvalue weighted by molar-refractivity contribution is 0.0946. The SMILES string of the molecule is CCN(CC1CCCO1)S(=O)(=O)c1ccc(N)cc1F. The molecule has 1 aromatic rings. The van der Waals surface area contributed by atoms with Gasteiger partial charge in [-0.05, 0) is 31.0 Å². The van der Waals surface area contributed by atoms with Crippen LogP contribution in [0, 0.1) is 5.82 Å². The average Bonchev–Trinajstić information content (AvgIpc) is 2.88. The summed E-state index contributed by atoms with van der Waals surface area (Å²) in [5.74, 6) is -0.823. The van der Waals surface area contributed by atoms with Crippen LogP contribution in [0.2, 0.25) is 0 Å². The van der Waals surface area contributed by atoms with Crippen molar-refractivity contribution in [3.05, 3.63) is 24.0 Å². The Kier molecular flexibility index (Phi) is 4.62. The second-order valence-electron chi connectivity index (χ2n) is 4.78. The quantitative estimate of drug-likeness (QED) is 0.839. The Bertz CT molecular complexity index is 571. The van der Waals surface area contributed by atoms with E-state index in [1.54, 1.807) is 6.92 Å². The number of halogens is 1. The molecular weight excluding hydrogens is 283 g/mol. The maximum absolute atomic E-state index is 13.8. The van der Waals surface area contributed by atoms with Crippen molar-refractivity contribution < 1.29 is 17.5 Å². The lowest BCUT2D eigenvalue weighted by Crippen LogP contribution is -2.37. The van der Waals surface area contributed by atoms with Gasteiger partial charge in [-0.25, -0.2) is 12.8 Å². The van der Waals surface area contributed by atoms with Crippen LogP contribution in [0.5, 0.6) is 0 Å². The first kappa shape index (κ1) is 15.2. The van der Waals surface area contributed by atoms with Crippen LogP contribution in [-0.4, -0.2) is 38.5 Å². The van der Waals surface area contributed by atoms with Gasteiger partial charge in [0.1, 0.15) is 10.7 Å². The molecule has 20 heavy (non-hydrogen) atoms. The van der Waals surface area contributed by atoms with E-state index in [2.05, 4.69) is 0 Å². The van der Waals surface area contributed by atoms with Gasteiger partial charge < -0.3 is 10.5 Å². The van der Waals surface area contributed by atoms with E-state index in [-0.39, 0.29) is 29.8 Å². The fourth-order valence-electron chi connectivity index (χ4n) is 2.28. The van der Waals surface area contributed by atoms with E-state index < -0.39 is 15.8 Å². The monoisotopic (exact) mass is 302 g/mol. The molecule has 112 valence electrons. The number of hydrogen-bond donors (Lipinski definition) is 1. The lowest BCUT2D eigenvalue weighted by Gasteiger charge is -2.23. The van der Waals surface area contributed by atoms with Gasteiger partial charge in [0, 0.05) is 25.4 Å². The van der Waals surface area contributed by atoms with Gasteiger partial charge in [-0.3, -0.25) is 0 Å². The third-order valence-corrected chi connectivity index (χ3v) is 5.33. The predicted octanol–water partition coefficient (Wildman–Crippen LogP) is 1.60. The summed E-state index contributed by atoms with van der Waals surface area (Å²) in [6.07, 6.45) is 1.65. The topological polar surface area (TPSA) is 72.6 Å². The molecule has 7 heteroatoms. The maximum atomic E-state index is 13.8. The van der Waals surface area contributed by atoms with Crippen LogP contribution < -0.4 is 5.73 Å². The van der Waals surface area contributed by atoms with Crippen LogP contribution in [0.15, 0.2) is 23.1 Å². The second kappa shape index (κ2) is 6.07. The molecular formula is C13H19FN2O3S. The average molecular weight is 302 g/mol. The molecule has 0 aliphatic carbocycles. The minimum absolute atomic E-state index is 0.110. The Morgan fingerprint density at radius 1 is 1.50 bits per heavy atom. The molecule has 5 nitrogen and oxygen atoms in total. The van der Waals surface area contributed by atoms with Crippen LogP contribution in [0.1, 0.15) is 19.8 Å². The smallest absolute Gasteiger partial charge is 0.246 e. The molecule has 1 fully saturated rings. The van der Waals surface area contributed by atoms with Crippen molar-refractivity contribution in [2.75, 3.05) is 25.4 Å². The molecule has 1 heterocycles. The predicted molar refractivity (Wildman–Crippen MR) is 74.2 cm³/mol. The number of benzene rings is 1. The van der Waals surface area contributed by atoms with Crippen LogP contribution in [0.25, 0.3) is 0 Å². The molecule has 1 unspecified atom stereocenters. The number of likely N-dealkylation sites (N-methyl/N-ethyl adjacent to an activating group) is 1. The minimum Gasteiger partial charge on any atom is -0.399 e. The van der Waals surface area contributed by atoms with Crippen molar-refractivity contribution in [1.82, 2.24) is 4.31 Å². The largest absolute Gasteiger partial charge is 0.399 e. The molecule has 0 saturated carbocycles. The number of ether oxygens (including phenoxy) is 1. The molecule has 2 N–H and O–H groups in total. The Morgan fingerprint density at radius 3 is 2.80 bits per heavy atom. The summed E-state index contributed by atoms with van der Waals surface area (Å²) < 4.78 is 45.5. The Balaban J connectivity index is 2.26. The lowest BCUT2D eigenvalue weighted by atomic mass is 10.2. The van der Waals surface area contributed by atoms with E-state index in [0.717, 1.165) is 18.9 Å². The number of hydrogen-bond acceptors (Lipinski definition) is 4. The Labute approximate surface area is 118 Å². The summed E-state index contributed by atoms with van der Waals surface area (Å²) in [6, 6.07) is 3.61. The number of anilines is 1. The van der Waals surface area contributed by atoms with Gasteiger partial charge in [-0.1, -0.05) is 6.92 Å². The van der Waals surface area contributed by atoms with Gasteiger partial charge >= 0.3 is 0 Å². The highest BCUT2D eigenvalue weighted by Gasteiger charge is 2.29. The van der Waals surface area contributed by atoms with Crippen molar-refractivity contribution in [1.29, 1.82) is 0 Å². The summed E-state index contributed by atoms with van der Waals surface area (Å²) in [5, 5.41) is 0. The third-order valence-electron chi connectivity index (χ3n) is 3.36. The highest BCUT2D eigenvalue weighted by Crippen LogP contribution is 2.23. The summed E-state index contributed by atoms with van der Waals surface area (Å²) in [5.41, 5.74) is 5.64. The summed E-state index contributed by atoms with van der Waals surface area (Å²) in [7, 11) is -3.86. The molecule has 0 spiro atoms. The van der Waals surface area contributed by atoms with E-state index in [1.165, 1.54) is 16.4 Å². The number of nitrogen functional groups attached to an aromatic ring is 1. The highest BCUT2D eigenvalue weighted by molar-refractivity contribution is 7.89. The van der Waals surface area contributed by atoms with Gasteiger partial charge in [0.2, 0.25) is 10.0 Å². The first-order valence-electron chi connectivity index (χ1n) is 6.62. The summed E-state index contributed by atoms with van der Waals surface area (Å²) in [4.78, 5) is -0.341. The molecule has 1 atom stereocenters. The maximum Gasteiger partial charge on any atom is 0.246 e. The van der Waals surface area contributed by atoms with Crippen molar-refractivity contribution in [2.45, 2.75) is 30.8 Å². The van der Waals surface area contributed by atoms with Crippen LogP contribution in [0.3, 0.4) is 0 Å². The molecule has 0 radical (unpaired) electrons. The molecule has 1 aromatic carbocycles. The first-order valence-corrected chi connectivity index (χ1v) is 8.06. The number of nitrogens with zero attached hydrogens (tertiary/aromatic N) is 1. The van der Waals surface area contributed by atoms with Crippen molar-refractivity contribution in [3.63, 3.8) is 0 Å². The molecule has 2 rings (SSSR count). The van der Waals surface area contributed by atoms with Gasteiger partial charge in [0.25, 0.3) is 0 Å². The molecule has 0 amide bonds. The van der Waals surface area contributed by atoms with E-state index in [4.69, 9.17) is 10.5 Å². The van der Waals surface area contributed by atoms with Crippen molar-refractivity contribution in [2.24, 2.45) is 0 Å². The van der Waals surface area contributed by atoms with Gasteiger partial charge in [-0.2, -0.15) is 4.31 Å². The standard InChI is InChI=1S/C13H19FN2O3S/c1-2-16(9-11-4-3-7-19-11)20(17,18)13-6-5-10(15)8-12(13)14/h5-6,8,11H,2-4,7,9,15H2,1H3. The number of sulfonamides is 1. The molecule has 0 bridgehead atoms. The van der Waals surface area contributed by atoms with Crippen LogP contribution in [-0.2, 0) is 14.8 Å². The minimum atomic E-state index is -3.86. The third kappa shape index (κ3) is 3.11. The first-order chi connectivity index (χ1) is 9.45. The van der Waals surface area contributed by atoms with Crippen LogP contribution >= 0.6 is 0 Å². The Morgan fingerprint density at radius 2 is 2.25 bits per heavy atom. The number of rotatable bonds is 5. The normalized spacial score (nSPS) is 19.6. The molecule has 1 aliphatic rings. The summed E-state index contributed by atoms with van der Waals surface area (Å²) >= 11 is 0. The fraction of sp³-hybridized carbons (Fsp3) is 0.538. The van der Waals surface area contributed by atoms with Gasteiger partial charge in [0.05, 0.1) is 6.10 Å². The molecule has 1 saturated heterocycles. The van der Waals surface area contributed by atoms with Crippen LogP contribution in [0.4, 0.5) is 10.1 Å². The summed E-state index contributed by atoms with van der Waals surface area (Å²) in [6.45, 7) is 2.90. The molecule has 1 aliphatic heterocycles. The van der Waals surface area contributed by atoms with Gasteiger partial charge in [-0.15, -0.1) is 0 Å².